The molecule has 0 aromatic rings. The van der Waals surface area contributed by atoms with Crippen molar-refractivity contribution in [3.8, 4) is 0 Å². The molecule has 19 heavy (non-hydrogen) atoms. The highest BCUT2D eigenvalue weighted by atomic mass is 16.6. The molecule has 0 aromatic carbocycles. The molecular weight excluding hydrogens is 256 g/mol. The molecular formula is C12H20O7. The van der Waals surface area contributed by atoms with Crippen LogP contribution in [0.25, 0.3) is 0 Å². The van der Waals surface area contributed by atoms with Crippen LogP contribution in [0.1, 0.15) is 6.92 Å². The minimum absolute atomic E-state index is 0.174. The summed E-state index contributed by atoms with van der Waals surface area (Å²) in [6.07, 6.45) is 0. The molecule has 1 N–H and O–H groups in total. The first-order valence-electron chi connectivity index (χ1n) is 5.81. The topological polar surface area (TPSA) is 91.3 Å². The molecule has 0 aliphatic heterocycles. The third-order valence-corrected chi connectivity index (χ3v) is 1.78. The van der Waals surface area contributed by atoms with Gasteiger partial charge < -0.3 is 24.1 Å². The van der Waals surface area contributed by atoms with E-state index >= 15 is 0 Å². The first-order chi connectivity index (χ1) is 9.04. The second-order valence-corrected chi connectivity index (χ2v) is 3.59. The molecule has 0 saturated carbocycles. The highest BCUT2D eigenvalue weighted by Crippen LogP contribution is 1.91. The Kier molecular flexibility index (Phi) is 10.8. The van der Waals surface area contributed by atoms with Gasteiger partial charge in [-0.25, -0.2) is 9.59 Å². The van der Waals surface area contributed by atoms with Crippen molar-refractivity contribution in [2.75, 3.05) is 46.2 Å². The Morgan fingerprint density at radius 3 is 1.89 bits per heavy atom. The van der Waals surface area contributed by atoms with Gasteiger partial charge in [0, 0.05) is 5.57 Å². The smallest absolute Gasteiger partial charge is 0.333 e. The van der Waals surface area contributed by atoms with E-state index in [0.29, 0.717) is 25.4 Å². The van der Waals surface area contributed by atoms with Gasteiger partial charge in [0.15, 0.2) is 0 Å². The molecule has 0 rings (SSSR count). The van der Waals surface area contributed by atoms with Gasteiger partial charge in [0.25, 0.3) is 0 Å². The lowest BCUT2D eigenvalue weighted by molar-refractivity contribution is -0.142. The van der Waals surface area contributed by atoms with Crippen molar-refractivity contribution in [3.63, 3.8) is 0 Å². The lowest BCUT2D eigenvalue weighted by atomic mass is 10.4. The number of carbonyl (C=O) groups excluding carboxylic acids is 1. The second kappa shape index (κ2) is 11.6. The van der Waals surface area contributed by atoms with Gasteiger partial charge >= 0.3 is 11.9 Å². The zero-order valence-corrected chi connectivity index (χ0v) is 11.1. The van der Waals surface area contributed by atoms with Crippen molar-refractivity contribution in [1.82, 2.24) is 0 Å². The Morgan fingerprint density at radius 1 is 0.947 bits per heavy atom. The van der Waals surface area contributed by atoms with Gasteiger partial charge in [-0.1, -0.05) is 6.58 Å². The van der Waals surface area contributed by atoms with Gasteiger partial charge in [-0.15, -0.1) is 0 Å². The van der Waals surface area contributed by atoms with Crippen LogP contribution in [0.15, 0.2) is 12.2 Å². The molecule has 7 heteroatoms. The predicted octanol–water partition coefficient (Wildman–Crippen LogP) is 0.240. The van der Waals surface area contributed by atoms with Gasteiger partial charge in [-0.05, 0) is 6.92 Å². The number of carboxylic acids is 1. The Balaban J connectivity index is 3.13. The van der Waals surface area contributed by atoms with Crippen LogP contribution in [0.2, 0.25) is 0 Å². The van der Waals surface area contributed by atoms with Gasteiger partial charge in [-0.2, -0.15) is 0 Å². The molecule has 0 saturated heterocycles. The van der Waals surface area contributed by atoms with E-state index in [1.54, 1.807) is 6.92 Å². The summed E-state index contributed by atoms with van der Waals surface area (Å²) < 4.78 is 19.8. The third kappa shape index (κ3) is 12.8. The maximum Gasteiger partial charge on any atom is 0.333 e. The fourth-order valence-electron chi connectivity index (χ4n) is 0.916. The molecule has 0 aliphatic rings. The zero-order chi connectivity index (χ0) is 14.5. The van der Waals surface area contributed by atoms with Crippen LogP contribution < -0.4 is 0 Å². The van der Waals surface area contributed by atoms with E-state index in [1.165, 1.54) is 0 Å². The number of carboxylic acid groups (broad SMARTS) is 1. The van der Waals surface area contributed by atoms with Crippen LogP contribution in [-0.2, 0) is 28.5 Å². The molecule has 0 heterocycles. The number of aliphatic carboxylic acids is 1. The molecule has 0 spiro atoms. The highest BCUT2D eigenvalue weighted by molar-refractivity contribution is 5.86. The van der Waals surface area contributed by atoms with Gasteiger partial charge in [0.05, 0.1) is 33.0 Å². The standard InChI is InChI=1S/C12H20O7/c1-10(2)12(15)19-8-7-17-4-3-16-5-6-18-9-11(13)14/h1,3-9H2,2H3,(H,13,14). The predicted molar refractivity (Wildman–Crippen MR) is 65.9 cm³/mol. The fraction of sp³-hybridized carbons (Fsp3) is 0.667. The van der Waals surface area contributed by atoms with Crippen molar-refractivity contribution in [1.29, 1.82) is 0 Å². The molecule has 0 aromatic heterocycles. The van der Waals surface area contributed by atoms with Crippen LogP contribution >= 0.6 is 0 Å². The van der Waals surface area contributed by atoms with Crippen LogP contribution in [0, 0.1) is 0 Å². The van der Waals surface area contributed by atoms with Gasteiger partial charge in [-0.3, -0.25) is 0 Å². The van der Waals surface area contributed by atoms with Gasteiger partial charge in [0.2, 0.25) is 0 Å². The molecule has 0 amide bonds. The zero-order valence-electron chi connectivity index (χ0n) is 11.1. The average Bonchev–Trinajstić information content (AvgIpc) is 2.35. The second-order valence-electron chi connectivity index (χ2n) is 3.59. The minimum atomic E-state index is -1.01. The van der Waals surface area contributed by atoms with Crippen LogP contribution in [0.5, 0.6) is 0 Å². The number of ether oxygens (including phenoxy) is 4. The molecule has 0 fully saturated rings. The van der Waals surface area contributed by atoms with E-state index in [4.69, 9.17) is 24.1 Å². The summed E-state index contributed by atoms with van der Waals surface area (Å²) in [4.78, 5) is 21.1. The summed E-state index contributed by atoms with van der Waals surface area (Å²) in [5.74, 6) is -1.44. The molecule has 0 atom stereocenters. The van der Waals surface area contributed by atoms with E-state index in [0.717, 1.165) is 0 Å². The van der Waals surface area contributed by atoms with Gasteiger partial charge in [0.1, 0.15) is 13.2 Å². The minimum Gasteiger partial charge on any atom is -0.480 e. The SMILES string of the molecule is C=C(C)C(=O)OCCOCCOCCOCC(=O)O. The van der Waals surface area contributed by atoms with Crippen LogP contribution in [0.3, 0.4) is 0 Å². The van der Waals surface area contributed by atoms with Crippen molar-refractivity contribution >= 4 is 11.9 Å². The normalized spacial score (nSPS) is 10.2. The average molecular weight is 276 g/mol. The lowest BCUT2D eigenvalue weighted by Gasteiger charge is -2.06. The number of carbonyl (C=O) groups is 2. The van der Waals surface area contributed by atoms with Crippen molar-refractivity contribution in [2.24, 2.45) is 0 Å². The summed E-state index contributed by atoms with van der Waals surface area (Å²) in [7, 11) is 0. The van der Waals surface area contributed by atoms with Crippen LogP contribution in [-0.4, -0.2) is 63.3 Å². The molecule has 110 valence electrons. The molecule has 0 radical (unpaired) electrons. The summed E-state index contributed by atoms with van der Waals surface area (Å²) >= 11 is 0. The van der Waals surface area contributed by atoms with Crippen molar-refractivity contribution in [3.05, 3.63) is 12.2 Å². The van der Waals surface area contributed by atoms with E-state index in [2.05, 4.69) is 6.58 Å². The Hall–Kier alpha value is -1.44. The maximum absolute atomic E-state index is 11.0. The quantitative estimate of drug-likeness (QED) is 0.310. The fourth-order valence-corrected chi connectivity index (χ4v) is 0.916. The number of esters is 1. The largest absolute Gasteiger partial charge is 0.480 e. The summed E-state index contributed by atoms with van der Waals surface area (Å²) in [5.41, 5.74) is 0.352. The Morgan fingerprint density at radius 2 is 1.42 bits per heavy atom. The molecule has 0 unspecified atom stereocenters. The Bertz CT molecular complexity index is 288. The van der Waals surface area contributed by atoms with Crippen molar-refractivity contribution in [2.45, 2.75) is 6.92 Å². The first kappa shape index (κ1) is 17.6. The molecule has 0 bridgehead atoms. The van der Waals surface area contributed by atoms with E-state index < -0.39 is 11.9 Å². The highest BCUT2D eigenvalue weighted by Gasteiger charge is 2.01. The summed E-state index contributed by atoms with van der Waals surface area (Å²) in [6.45, 7) is 6.42. The lowest BCUT2D eigenvalue weighted by Crippen LogP contribution is -2.15. The van der Waals surface area contributed by atoms with E-state index in [9.17, 15) is 9.59 Å². The summed E-state index contributed by atoms with van der Waals surface area (Å²) in [5, 5.41) is 8.28. The number of rotatable bonds is 12. The third-order valence-electron chi connectivity index (χ3n) is 1.78. The monoisotopic (exact) mass is 276 g/mol. The maximum atomic E-state index is 11.0. The van der Waals surface area contributed by atoms with E-state index in [1.807, 2.05) is 0 Å². The molecule has 0 aliphatic carbocycles. The Labute approximate surface area is 112 Å². The van der Waals surface area contributed by atoms with E-state index in [-0.39, 0.29) is 26.4 Å². The van der Waals surface area contributed by atoms with Crippen molar-refractivity contribution < 1.29 is 33.6 Å². The number of hydrogen-bond donors (Lipinski definition) is 1. The summed E-state index contributed by atoms with van der Waals surface area (Å²) in [6, 6.07) is 0. The van der Waals surface area contributed by atoms with Crippen LogP contribution in [0.4, 0.5) is 0 Å². The number of hydrogen-bond acceptors (Lipinski definition) is 6. The molecule has 7 nitrogen and oxygen atoms in total. The first-order valence-corrected chi connectivity index (χ1v) is 5.81.